The standard InChI is InChI=1S/C28H34N2O3/c1-5-32-26-11-7-9-24(27(26)33-19-22-14-12-21(4)13-15-22)18-29-25-10-6-8-23(16-25)28(31)30-17-20(2)3/h6-16,20,29H,5,17-19H2,1-4H3,(H,30,31). The number of hydrogen-bond donors (Lipinski definition) is 2. The van der Waals surface area contributed by atoms with Gasteiger partial charge in [0.05, 0.1) is 6.61 Å². The average Bonchev–Trinajstić information content (AvgIpc) is 2.82. The number of nitrogens with one attached hydrogen (secondary N) is 2. The molecule has 2 N–H and O–H groups in total. The SMILES string of the molecule is CCOc1cccc(CNc2cccc(C(=O)NCC(C)C)c2)c1OCc1ccc(C)cc1. The van der Waals surface area contributed by atoms with E-state index in [9.17, 15) is 4.79 Å². The molecule has 3 aromatic rings. The number of ether oxygens (including phenoxy) is 2. The number of amides is 1. The third kappa shape index (κ3) is 7.28. The number of carbonyl (C=O) groups is 1. The zero-order valence-electron chi connectivity index (χ0n) is 20.0. The highest BCUT2D eigenvalue weighted by molar-refractivity contribution is 5.95. The second-order valence-corrected chi connectivity index (χ2v) is 8.49. The predicted molar refractivity (Wildman–Crippen MR) is 134 cm³/mol. The largest absolute Gasteiger partial charge is 0.490 e. The van der Waals surface area contributed by atoms with Gasteiger partial charge in [-0.05, 0) is 49.6 Å². The van der Waals surface area contributed by atoms with E-state index in [1.165, 1.54) is 5.56 Å². The molecule has 5 heteroatoms. The Bertz CT molecular complexity index is 1050. The summed E-state index contributed by atoms with van der Waals surface area (Å²) in [6.45, 7) is 10.4. The topological polar surface area (TPSA) is 59.6 Å². The van der Waals surface area contributed by atoms with E-state index in [1.807, 2.05) is 49.4 Å². The summed E-state index contributed by atoms with van der Waals surface area (Å²) in [4.78, 5) is 12.4. The summed E-state index contributed by atoms with van der Waals surface area (Å²) in [5, 5.41) is 6.38. The molecule has 0 aromatic heterocycles. The van der Waals surface area contributed by atoms with Crippen LogP contribution in [0.15, 0.2) is 66.7 Å². The lowest BCUT2D eigenvalue weighted by Gasteiger charge is -2.17. The molecule has 1 amide bonds. The summed E-state index contributed by atoms with van der Waals surface area (Å²) in [7, 11) is 0. The van der Waals surface area contributed by atoms with Gasteiger partial charge in [0.2, 0.25) is 0 Å². The number of para-hydroxylation sites is 1. The molecule has 0 atom stereocenters. The lowest BCUT2D eigenvalue weighted by Crippen LogP contribution is -2.27. The summed E-state index contributed by atoms with van der Waals surface area (Å²) < 4.78 is 12.1. The fourth-order valence-electron chi connectivity index (χ4n) is 3.34. The number of anilines is 1. The van der Waals surface area contributed by atoms with E-state index in [2.05, 4.69) is 55.7 Å². The minimum atomic E-state index is -0.0622. The molecular weight excluding hydrogens is 412 g/mol. The first-order valence-electron chi connectivity index (χ1n) is 11.5. The van der Waals surface area contributed by atoms with Crippen molar-refractivity contribution in [2.75, 3.05) is 18.5 Å². The summed E-state index contributed by atoms with van der Waals surface area (Å²) in [6, 6.07) is 21.8. The molecule has 5 nitrogen and oxygen atoms in total. The van der Waals surface area contributed by atoms with Crippen LogP contribution in [0.4, 0.5) is 5.69 Å². The minimum Gasteiger partial charge on any atom is -0.490 e. The van der Waals surface area contributed by atoms with E-state index < -0.39 is 0 Å². The van der Waals surface area contributed by atoms with E-state index in [4.69, 9.17) is 9.47 Å². The molecule has 0 saturated heterocycles. The van der Waals surface area contributed by atoms with E-state index in [1.54, 1.807) is 0 Å². The van der Waals surface area contributed by atoms with Gasteiger partial charge in [0.25, 0.3) is 5.91 Å². The maximum absolute atomic E-state index is 12.4. The molecule has 3 aromatic carbocycles. The molecule has 174 valence electrons. The van der Waals surface area contributed by atoms with E-state index in [-0.39, 0.29) is 5.91 Å². The van der Waals surface area contributed by atoms with Crippen LogP contribution < -0.4 is 20.1 Å². The van der Waals surface area contributed by atoms with Crippen molar-refractivity contribution in [2.45, 2.75) is 40.8 Å². The average molecular weight is 447 g/mol. The molecule has 0 aliphatic heterocycles. The molecule has 0 fully saturated rings. The Kier molecular flexibility index (Phi) is 8.76. The summed E-state index contributed by atoms with van der Waals surface area (Å²) in [5.41, 5.74) is 4.82. The lowest BCUT2D eigenvalue weighted by atomic mass is 10.1. The number of carbonyl (C=O) groups excluding carboxylic acids is 1. The first-order valence-corrected chi connectivity index (χ1v) is 11.5. The maximum atomic E-state index is 12.4. The van der Waals surface area contributed by atoms with Crippen LogP contribution in [0.1, 0.15) is 47.8 Å². The maximum Gasteiger partial charge on any atom is 0.251 e. The molecule has 0 spiro atoms. The highest BCUT2D eigenvalue weighted by Gasteiger charge is 2.12. The van der Waals surface area contributed by atoms with Crippen molar-refractivity contribution in [1.29, 1.82) is 0 Å². The highest BCUT2D eigenvalue weighted by Crippen LogP contribution is 2.33. The van der Waals surface area contributed by atoms with Gasteiger partial charge >= 0.3 is 0 Å². The normalized spacial score (nSPS) is 10.7. The smallest absolute Gasteiger partial charge is 0.251 e. The number of hydrogen-bond acceptors (Lipinski definition) is 4. The van der Waals surface area contributed by atoms with Crippen LogP contribution in [0.5, 0.6) is 11.5 Å². The molecule has 0 aliphatic carbocycles. The fourth-order valence-corrected chi connectivity index (χ4v) is 3.34. The number of benzene rings is 3. The Hall–Kier alpha value is -3.47. The molecule has 0 unspecified atom stereocenters. The fraction of sp³-hybridized carbons (Fsp3) is 0.321. The molecule has 0 heterocycles. The zero-order valence-corrected chi connectivity index (χ0v) is 20.0. The third-order valence-corrected chi connectivity index (χ3v) is 5.14. The summed E-state index contributed by atoms with van der Waals surface area (Å²) in [5.74, 6) is 1.81. The first-order chi connectivity index (χ1) is 16.0. The van der Waals surface area contributed by atoms with Crippen molar-refractivity contribution >= 4 is 11.6 Å². The van der Waals surface area contributed by atoms with Crippen LogP contribution in [0.2, 0.25) is 0 Å². The lowest BCUT2D eigenvalue weighted by molar-refractivity contribution is 0.0949. The predicted octanol–water partition coefficient (Wildman–Crippen LogP) is 5.97. The van der Waals surface area contributed by atoms with Crippen molar-refractivity contribution in [3.63, 3.8) is 0 Å². The van der Waals surface area contributed by atoms with E-state index >= 15 is 0 Å². The molecule has 0 saturated carbocycles. The van der Waals surface area contributed by atoms with Crippen LogP contribution >= 0.6 is 0 Å². The van der Waals surface area contributed by atoms with Crippen molar-refractivity contribution in [1.82, 2.24) is 5.32 Å². The van der Waals surface area contributed by atoms with Crippen molar-refractivity contribution in [3.8, 4) is 11.5 Å². The zero-order chi connectivity index (χ0) is 23.6. The van der Waals surface area contributed by atoms with Gasteiger partial charge in [-0.2, -0.15) is 0 Å². The number of rotatable bonds is 11. The van der Waals surface area contributed by atoms with Gasteiger partial charge in [-0.25, -0.2) is 0 Å². The van der Waals surface area contributed by atoms with Crippen LogP contribution in [-0.2, 0) is 13.2 Å². The Morgan fingerprint density at radius 2 is 1.73 bits per heavy atom. The second kappa shape index (κ2) is 12.0. The van der Waals surface area contributed by atoms with Gasteiger partial charge in [-0.3, -0.25) is 4.79 Å². The quantitative estimate of drug-likeness (QED) is 0.381. The van der Waals surface area contributed by atoms with Gasteiger partial charge in [0.1, 0.15) is 6.61 Å². The molecular formula is C28H34N2O3. The van der Waals surface area contributed by atoms with Crippen LogP contribution in [0.25, 0.3) is 0 Å². The van der Waals surface area contributed by atoms with Crippen LogP contribution in [0.3, 0.4) is 0 Å². The van der Waals surface area contributed by atoms with Crippen molar-refractivity contribution < 1.29 is 14.3 Å². The molecule has 3 rings (SSSR count). The van der Waals surface area contributed by atoms with E-state index in [0.717, 1.165) is 28.3 Å². The Morgan fingerprint density at radius 1 is 0.970 bits per heavy atom. The Balaban J connectivity index is 1.72. The minimum absolute atomic E-state index is 0.0622. The van der Waals surface area contributed by atoms with Crippen LogP contribution in [-0.4, -0.2) is 19.1 Å². The monoisotopic (exact) mass is 446 g/mol. The molecule has 33 heavy (non-hydrogen) atoms. The van der Waals surface area contributed by atoms with Gasteiger partial charge in [0.15, 0.2) is 11.5 Å². The molecule has 0 bridgehead atoms. The van der Waals surface area contributed by atoms with Gasteiger partial charge in [-0.15, -0.1) is 0 Å². The van der Waals surface area contributed by atoms with Gasteiger partial charge < -0.3 is 20.1 Å². The van der Waals surface area contributed by atoms with Gasteiger partial charge in [-0.1, -0.05) is 61.9 Å². The van der Waals surface area contributed by atoms with Crippen molar-refractivity contribution in [2.24, 2.45) is 5.92 Å². The Labute approximate surface area is 197 Å². The third-order valence-electron chi connectivity index (χ3n) is 5.14. The molecule has 0 aliphatic rings. The van der Waals surface area contributed by atoms with Crippen LogP contribution in [0, 0.1) is 12.8 Å². The first kappa shape index (κ1) is 24.2. The second-order valence-electron chi connectivity index (χ2n) is 8.49. The summed E-state index contributed by atoms with van der Waals surface area (Å²) in [6.07, 6.45) is 0. The van der Waals surface area contributed by atoms with Crippen molar-refractivity contribution in [3.05, 3.63) is 89.0 Å². The highest BCUT2D eigenvalue weighted by atomic mass is 16.5. The molecule has 0 radical (unpaired) electrons. The Morgan fingerprint density at radius 3 is 2.45 bits per heavy atom. The summed E-state index contributed by atoms with van der Waals surface area (Å²) >= 11 is 0. The number of aryl methyl sites for hydroxylation is 1. The van der Waals surface area contributed by atoms with Gasteiger partial charge in [0, 0.05) is 29.9 Å². The van der Waals surface area contributed by atoms with E-state index in [0.29, 0.717) is 37.8 Å².